The first-order valence-electron chi connectivity index (χ1n) is 4.88. The zero-order chi connectivity index (χ0) is 12.6. The summed E-state index contributed by atoms with van der Waals surface area (Å²) in [6.07, 6.45) is 0.0295. The van der Waals surface area contributed by atoms with Crippen LogP contribution in [0.25, 0.3) is 0 Å². The number of rotatable bonds is 3. The number of nitrogens with zero attached hydrogens (tertiary/aromatic N) is 3. The lowest BCUT2D eigenvalue weighted by Crippen LogP contribution is -2.25. The van der Waals surface area contributed by atoms with E-state index in [9.17, 15) is 17.1 Å². The molecule has 9 heteroatoms. The topological polar surface area (TPSA) is 80.2 Å². The van der Waals surface area contributed by atoms with Crippen LogP contribution in [0.1, 0.15) is 12.2 Å². The Balaban J connectivity index is 2.10. The molecule has 0 aromatic carbocycles. The predicted octanol–water partition coefficient (Wildman–Crippen LogP) is 0.499. The molecule has 1 amide bonds. The van der Waals surface area contributed by atoms with Crippen LogP contribution in [0.15, 0.2) is 0 Å². The van der Waals surface area contributed by atoms with Gasteiger partial charge < -0.3 is 0 Å². The molecule has 1 fully saturated rings. The second kappa shape index (κ2) is 4.30. The number of carbonyl (C=O) groups is 1. The molecule has 94 valence electrons. The second-order valence-corrected chi connectivity index (χ2v) is 6.05. The van der Waals surface area contributed by atoms with E-state index in [0.717, 1.165) is 11.5 Å². The summed E-state index contributed by atoms with van der Waals surface area (Å²) in [5.41, 5.74) is 0. The predicted molar refractivity (Wildman–Crippen MR) is 60.0 cm³/mol. The fourth-order valence-electron chi connectivity index (χ4n) is 1.76. The van der Waals surface area contributed by atoms with Crippen molar-refractivity contribution in [2.24, 2.45) is 5.92 Å². The molecular formula is C8H10FN3O3S2. The number of anilines is 1. The quantitative estimate of drug-likeness (QED) is 0.753. The molecule has 0 saturated carbocycles. The Bertz CT molecular complexity index is 542. The van der Waals surface area contributed by atoms with Crippen molar-refractivity contribution in [2.45, 2.75) is 13.3 Å². The Morgan fingerprint density at radius 3 is 2.82 bits per heavy atom. The van der Waals surface area contributed by atoms with E-state index in [1.54, 1.807) is 6.92 Å². The Hall–Kier alpha value is -1.09. The summed E-state index contributed by atoms with van der Waals surface area (Å²) in [5.74, 6) is -0.816. The summed E-state index contributed by atoms with van der Waals surface area (Å²) in [4.78, 5) is 17.0. The zero-order valence-corrected chi connectivity index (χ0v) is 10.6. The van der Waals surface area contributed by atoms with E-state index in [0.29, 0.717) is 11.0 Å². The molecule has 2 rings (SSSR count). The molecule has 0 aliphatic carbocycles. The van der Waals surface area contributed by atoms with E-state index in [1.807, 2.05) is 0 Å². The minimum Gasteiger partial charge on any atom is -0.287 e. The van der Waals surface area contributed by atoms with Gasteiger partial charge in [0.2, 0.25) is 11.0 Å². The van der Waals surface area contributed by atoms with Gasteiger partial charge >= 0.3 is 10.2 Å². The van der Waals surface area contributed by atoms with Gasteiger partial charge in [-0.25, -0.2) is 4.98 Å². The van der Waals surface area contributed by atoms with Gasteiger partial charge in [0.15, 0.2) is 0 Å². The van der Waals surface area contributed by atoms with Gasteiger partial charge in [-0.3, -0.25) is 9.69 Å². The lowest BCUT2D eigenvalue weighted by molar-refractivity contribution is -0.117. The van der Waals surface area contributed by atoms with Crippen LogP contribution in [-0.2, 0) is 15.0 Å². The van der Waals surface area contributed by atoms with Gasteiger partial charge in [-0.05, 0) is 6.92 Å². The lowest BCUT2D eigenvalue weighted by Gasteiger charge is -2.11. The molecule has 1 aromatic heterocycles. The normalized spacial score (nSPS) is 21.2. The number of hydrogen-bond donors (Lipinski definition) is 0. The van der Waals surface area contributed by atoms with Gasteiger partial charge in [-0.15, -0.1) is 3.89 Å². The Morgan fingerprint density at radius 2 is 2.29 bits per heavy atom. The zero-order valence-electron chi connectivity index (χ0n) is 8.96. The van der Waals surface area contributed by atoms with Crippen LogP contribution in [0.5, 0.6) is 0 Å². The maximum atomic E-state index is 12.5. The molecular weight excluding hydrogens is 269 g/mol. The van der Waals surface area contributed by atoms with Gasteiger partial charge in [0.25, 0.3) is 0 Å². The van der Waals surface area contributed by atoms with Crippen molar-refractivity contribution in [2.75, 3.05) is 17.2 Å². The minimum atomic E-state index is -4.54. The summed E-state index contributed by atoms with van der Waals surface area (Å²) in [5, 5.41) is 0.436. The van der Waals surface area contributed by atoms with Crippen molar-refractivity contribution in [1.29, 1.82) is 0 Å². The third-order valence-electron chi connectivity index (χ3n) is 2.39. The minimum absolute atomic E-state index is 0.0295. The number of aromatic nitrogens is 2. The molecule has 1 aliphatic heterocycles. The van der Waals surface area contributed by atoms with Crippen LogP contribution in [0.4, 0.5) is 9.02 Å². The molecule has 1 aromatic rings. The maximum Gasteiger partial charge on any atom is 0.302 e. The van der Waals surface area contributed by atoms with Crippen molar-refractivity contribution >= 4 is 32.8 Å². The number of aryl methyl sites for hydroxylation is 1. The molecule has 1 unspecified atom stereocenters. The molecule has 1 aliphatic rings. The van der Waals surface area contributed by atoms with Crippen LogP contribution in [-0.4, -0.2) is 36.0 Å². The SMILES string of the molecule is Cc1nsc(N2CC(CS(=O)(=O)F)CC2=O)n1. The van der Waals surface area contributed by atoms with Crippen molar-refractivity contribution < 1.29 is 17.1 Å². The number of hydrogen-bond acceptors (Lipinski definition) is 6. The smallest absolute Gasteiger partial charge is 0.287 e. The Labute approximate surface area is 102 Å². The van der Waals surface area contributed by atoms with Crippen LogP contribution < -0.4 is 4.90 Å². The maximum absolute atomic E-state index is 12.5. The Morgan fingerprint density at radius 1 is 1.59 bits per heavy atom. The van der Waals surface area contributed by atoms with Crippen LogP contribution >= 0.6 is 11.5 Å². The molecule has 1 atom stereocenters. The van der Waals surface area contributed by atoms with Crippen molar-refractivity contribution in [3.8, 4) is 0 Å². The highest BCUT2D eigenvalue weighted by atomic mass is 32.3. The number of carbonyl (C=O) groups excluding carboxylic acids is 1. The Kier molecular flexibility index (Phi) is 3.13. The standard InChI is InChI=1S/C8H10FN3O3S2/c1-5-10-8(16-11-5)12-3-6(2-7(12)13)4-17(9,14)15/h6H,2-4H2,1H3. The fourth-order valence-corrected chi connectivity index (χ4v) is 3.24. The molecule has 0 N–H and O–H groups in total. The average Bonchev–Trinajstić information content (AvgIpc) is 2.70. The van der Waals surface area contributed by atoms with Crippen LogP contribution in [0.2, 0.25) is 0 Å². The largest absolute Gasteiger partial charge is 0.302 e. The van der Waals surface area contributed by atoms with Gasteiger partial charge in [-0.1, -0.05) is 0 Å². The third-order valence-corrected chi connectivity index (χ3v) is 4.09. The fraction of sp³-hybridized carbons (Fsp3) is 0.625. The number of amides is 1. The molecule has 2 heterocycles. The van der Waals surface area contributed by atoms with Crippen molar-refractivity contribution in [1.82, 2.24) is 9.36 Å². The highest BCUT2D eigenvalue weighted by Gasteiger charge is 2.35. The second-order valence-electron chi connectivity index (χ2n) is 3.90. The lowest BCUT2D eigenvalue weighted by atomic mass is 10.1. The van der Waals surface area contributed by atoms with E-state index in [-0.39, 0.29) is 18.9 Å². The van der Waals surface area contributed by atoms with E-state index in [1.165, 1.54) is 4.90 Å². The number of halogens is 1. The van der Waals surface area contributed by atoms with Gasteiger partial charge in [0, 0.05) is 30.4 Å². The van der Waals surface area contributed by atoms with Gasteiger partial charge in [-0.2, -0.15) is 12.8 Å². The summed E-state index contributed by atoms with van der Waals surface area (Å²) in [6, 6.07) is 0. The van der Waals surface area contributed by atoms with Crippen molar-refractivity contribution in [3.05, 3.63) is 5.82 Å². The summed E-state index contributed by atoms with van der Waals surface area (Å²) >= 11 is 1.07. The van der Waals surface area contributed by atoms with E-state index < -0.39 is 21.9 Å². The molecule has 0 bridgehead atoms. The van der Waals surface area contributed by atoms with Gasteiger partial charge in [0.05, 0.1) is 5.75 Å². The molecule has 0 spiro atoms. The monoisotopic (exact) mass is 279 g/mol. The van der Waals surface area contributed by atoms with Gasteiger partial charge in [0.1, 0.15) is 5.82 Å². The van der Waals surface area contributed by atoms with E-state index in [2.05, 4.69) is 9.36 Å². The van der Waals surface area contributed by atoms with Crippen LogP contribution in [0, 0.1) is 12.8 Å². The first-order valence-corrected chi connectivity index (χ1v) is 7.21. The first kappa shape index (κ1) is 12.4. The first-order chi connectivity index (χ1) is 7.85. The third kappa shape index (κ3) is 2.97. The van der Waals surface area contributed by atoms with E-state index >= 15 is 0 Å². The highest BCUT2D eigenvalue weighted by molar-refractivity contribution is 7.86. The molecule has 1 saturated heterocycles. The summed E-state index contributed by atoms with van der Waals surface area (Å²) < 4.78 is 37.5. The molecule has 17 heavy (non-hydrogen) atoms. The highest BCUT2D eigenvalue weighted by Crippen LogP contribution is 2.27. The van der Waals surface area contributed by atoms with Crippen molar-refractivity contribution in [3.63, 3.8) is 0 Å². The average molecular weight is 279 g/mol. The summed E-state index contributed by atoms with van der Waals surface area (Å²) in [6.45, 7) is 1.88. The summed E-state index contributed by atoms with van der Waals surface area (Å²) in [7, 11) is -4.54. The molecule has 6 nitrogen and oxygen atoms in total. The molecule has 0 radical (unpaired) electrons. The van der Waals surface area contributed by atoms with Crippen LogP contribution in [0.3, 0.4) is 0 Å². The van der Waals surface area contributed by atoms with E-state index in [4.69, 9.17) is 0 Å².